The van der Waals surface area contributed by atoms with Crippen molar-refractivity contribution in [2.45, 2.75) is 26.3 Å². The molecule has 2 aromatic rings. The van der Waals surface area contributed by atoms with Gasteiger partial charge in [-0.15, -0.1) is 0 Å². The average Bonchev–Trinajstić information content (AvgIpc) is 3.25. The van der Waals surface area contributed by atoms with Crippen molar-refractivity contribution in [1.29, 1.82) is 0 Å². The molecule has 1 aliphatic rings. The number of nitrogens with zero attached hydrogens (tertiary/aromatic N) is 4. The highest BCUT2D eigenvalue weighted by molar-refractivity contribution is 6.34. The lowest BCUT2D eigenvalue weighted by Gasteiger charge is -2.09. The summed E-state index contributed by atoms with van der Waals surface area (Å²) in [6, 6.07) is 5.75. The first kappa shape index (κ1) is 15.6. The Morgan fingerprint density at radius 2 is 2.35 bits per heavy atom. The van der Waals surface area contributed by atoms with Crippen molar-refractivity contribution < 1.29 is 4.84 Å². The van der Waals surface area contributed by atoms with Crippen LogP contribution >= 0.6 is 11.6 Å². The quantitative estimate of drug-likeness (QED) is 0.481. The predicted molar refractivity (Wildman–Crippen MR) is 89.2 cm³/mol. The number of rotatable bonds is 5. The summed E-state index contributed by atoms with van der Waals surface area (Å²) in [5.74, 6) is 6.97. The Labute approximate surface area is 140 Å². The predicted octanol–water partition coefficient (Wildman–Crippen LogP) is 3.13. The lowest BCUT2D eigenvalue weighted by molar-refractivity contribution is 0.158. The van der Waals surface area contributed by atoms with Crippen LogP contribution in [0.3, 0.4) is 0 Å². The third-order valence-electron chi connectivity index (χ3n) is 3.36. The van der Waals surface area contributed by atoms with Crippen LogP contribution in [0.15, 0.2) is 36.0 Å². The van der Waals surface area contributed by atoms with E-state index in [9.17, 15) is 0 Å². The van der Waals surface area contributed by atoms with Crippen molar-refractivity contribution in [1.82, 2.24) is 14.8 Å². The van der Waals surface area contributed by atoms with Gasteiger partial charge in [0.25, 0.3) is 0 Å². The third-order valence-corrected chi connectivity index (χ3v) is 3.67. The van der Waals surface area contributed by atoms with E-state index < -0.39 is 0 Å². The molecule has 1 fully saturated rings. The fourth-order valence-corrected chi connectivity index (χ4v) is 2.30. The second-order valence-corrected chi connectivity index (χ2v) is 5.69. The van der Waals surface area contributed by atoms with Crippen LogP contribution in [-0.2, 0) is 11.4 Å². The van der Waals surface area contributed by atoms with Crippen LogP contribution in [0.2, 0.25) is 5.02 Å². The van der Waals surface area contributed by atoms with Gasteiger partial charge in [-0.25, -0.2) is 9.67 Å². The molecule has 3 rings (SSSR count). The van der Waals surface area contributed by atoms with Gasteiger partial charge in [0.1, 0.15) is 25.0 Å². The molecule has 0 spiro atoms. The molecule has 0 N–H and O–H groups in total. The maximum atomic E-state index is 6.42. The summed E-state index contributed by atoms with van der Waals surface area (Å²) >= 11 is 6.42. The van der Waals surface area contributed by atoms with Crippen LogP contribution in [0.5, 0.6) is 0 Å². The standard InChI is InChI=1S/C17H17ClN4O/c1-2-23-21-17(10-22-12-19-11-20-22)15-8-7-14(9-16(15)18)6-5-13-3-4-13/h7-9,11-13H,2-4,10H2,1H3. The molecule has 0 atom stereocenters. The van der Waals surface area contributed by atoms with E-state index >= 15 is 0 Å². The second kappa shape index (κ2) is 7.30. The van der Waals surface area contributed by atoms with Crippen LogP contribution in [0, 0.1) is 17.8 Å². The average molecular weight is 329 g/mol. The zero-order chi connectivity index (χ0) is 16.1. The topological polar surface area (TPSA) is 52.3 Å². The summed E-state index contributed by atoms with van der Waals surface area (Å²) in [4.78, 5) is 9.15. The Hall–Kier alpha value is -2.32. The zero-order valence-electron chi connectivity index (χ0n) is 12.9. The van der Waals surface area contributed by atoms with Gasteiger partial charge in [-0.3, -0.25) is 0 Å². The molecule has 23 heavy (non-hydrogen) atoms. The van der Waals surface area contributed by atoms with E-state index in [-0.39, 0.29) is 0 Å². The van der Waals surface area contributed by atoms with Crippen molar-refractivity contribution >= 4 is 17.3 Å². The van der Waals surface area contributed by atoms with Gasteiger partial charge in [0, 0.05) is 17.0 Å². The Morgan fingerprint density at radius 1 is 1.48 bits per heavy atom. The Balaban J connectivity index is 1.84. The highest BCUT2D eigenvalue weighted by Gasteiger charge is 2.18. The van der Waals surface area contributed by atoms with E-state index in [0.29, 0.717) is 29.8 Å². The molecule has 0 amide bonds. The third kappa shape index (κ3) is 4.33. The number of hydrogen-bond acceptors (Lipinski definition) is 4. The van der Waals surface area contributed by atoms with Gasteiger partial charge >= 0.3 is 0 Å². The molecular weight excluding hydrogens is 312 g/mol. The molecule has 0 radical (unpaired) electrons. The van der Waals surface area contributed by atoms with Crippen LogP contribution in [0.4, 0.5) is 0 Å². The highest BCUT2D eigenvalue weighted by atomic mass is 35.5. The number of oxime groups is 1. The monoisotopic (exact) mass is 328 g/mol. The zero-order valence-corrected chi connectivity index (χ0v) is 13.6. The van der Waals surface area contributed by atoms with Crippen LogP contribution < -0.4 is 0 Å². The highest BCUT2D eigenvalue weighted by Crippen LogP contribution is 2.28. The fraction of sp³-hybridized carbons (Fsp3) is 0.353. The first-order valence-electron chi connectivity index (χ1n) is 7.59. The van der Waals surface area contributed by atoms with Crippen molar-refractivity contribution in [3.8, 4) is 11.8 Å². The Kier molecular flexibility index (Phi) is 4.94. The number of halogens is 1. The summed E-state index contributed by atoms with van der Waals surface area (Å²) in [6.07, 6.45) is 5.53. The lowest BCUT2D eigenvalue weighted by atomic mass is 10.1. The van der Waals surface area contributed by atoms with Gasteiger partial charge < -0.3 is 4.84 Å². The largest absolute Gasteiger partial charge is 0.396 e. The molecule has 5 nitrogen and oxygen atoms in total. The second-order valence-electron chi connectivity index (χ2n) is 5.29. The molecule has 118 valence electrons. The van der Waals surface area contributed by atoms with Crippen LogP contribution in [0.1, 0.15) is 30.9 Å². The molecule has 1 aliphatic carbocycles. The minimum absolute atomic E-state index is 0.437. The van der Waals surface area contributed by atoms with E-state index in [2.05, 4.69) is 27.1 Å². The minimum atomic E-state index is 0.437. The van der Waals surface area contributed by atoms with Gasteiger partial charge in [0.05, 0.1) is 11.6 Å². The molecule has 0 unspecified atom stereocenters. The van der Waals surface area contributed by atoms with E-state index in [4.69, 9.17) is 16.4 Å². The fourth-order valence-electron chi connectivity index (χ4n) is 2.01. The number of aromatic nitrogens is 3. The van der Waals surface area contributed by atoms with Crippen LogP contribution in [-0.4, -0.2) is 27.1 Å². The van der Waals surface area contributed by atoms with Crippen LogP contribution in [0.25, 0.3) is 0 Å². The van der Waals surface area contributed by atoms with Crippen molar-refractivity contribution in [3.05, 3.63) is 47.0 Å². The summed E-state index contributed by atoms with van der Waals surface area (Å²) in [5, 5.41) is 8.87. The maximum Gasteiger partial charge on any atom is 0.137 e. The molecule has 1 aromatic heterocycles. The summed E-state index contributed by atoms with van der Waals surface area (Å²) in [6.45, 7) is 2.81. The molecular formula is C17H17ClN4O. The Morgan fingerprint density at radius 3 is 3.00 bits per heavy atom. The van der Waals surface area contributed by atoms with Gasteiger partial charge in [-0.2, -0.15) is 5.10 Å². The first-order chi connectivity index (χ1) is 11.3. The van der Waals surface area contributed by atoms with E-state index in [1.807, 2.05) is 25.1 Å². The van der Waals surface area contributed by atoms with Gasteiger partial charge in [0.2, 0.25) is 0 Å². The molecule has 6 heteroatoms. The molecule has 1 saturated carbocycles. The summed E-state index contributed by atoms with van der Waals surface area (Å²) in [5.41, 5.74) is 2.43. The molecule has 1 aromatic carbocycles. The van der Waals surface area contributed by atoms with Gasteiger partial charge in [-0.1, -0.05) is 34.7 Å². The first-order valence-corrected chi connectivity index (χ1v) is 7.96. The van der Waals surface area contributed by atoms with E-state index in [1.54, 1.807) is 11.0 Å². The SMILES string of the molecule is CCON=C(Cn1cncn1)c1ccc(C#CC2CC2)cc1Cl. The molecule has 0 aliphatic heterocycles. The van der Waals surface area contributed by atoms with Gasteiger partial charge in [0.15, 0.2) is 0 Å². The molecule has 0 saturated heterocycles. The molecule has 1 heterocycles. The van der Waals surface area contributed by atoms with Crippen molar-refractivity contribution in [3.63, 3.8) is 0 Å². The smallest absolute Gasteiger partial charge is 0.137 e. The number of benzene rings is 1. The molecule has 0 bridgehead atoms. The number of hydrogen-bond donors (Lipinski definition) is 0. The maximum absolute atomic E-state index is 6.42. The van der Waals surface area contributed by atoms with Crippen molar-refractivity contribution in [2.24, 2.45) is 11.1 Å². The van der Waals surface area contributed by atoms with E-state index in [0.717, 1.165) is 11.1 Å². The lowest BCUT2D eigenvalue weighted by Crippen LogP contribution is -2.13. The van der Waals surface area contributed by atoms with Crippen molar-refractivity contribution in [2.75, 3.05) is 6.61 Å². The summed E-state index contributed by atoms with van der Waals surface area (Å²) in [7, 11) is 0. The minimum Gasteiger partial charge on any atom is -0.396 e. The van der Waals surface area contributed by atoms with E-state index in [1.165, 1.54) is 19.2 Å². The summed E-state index contributed by atoms with van der Waals surface area (Å²) < 4.78 is 1.68. The normalized spacial score (nSPS) is 14.3. The van der Waals surface area contributed by atoms with Gasteiger partial charge in [-0.05, 0) is 31.9 Å². The Bertz CT molecular complexity index is 755.